The maximum atomic E-state index is 10.6. The Labute approximate surface area is 105 Å². The Hall–Kier alpha value is -1.38. The summed E-state index contributed by atoms with van der Waals surface area (Å²) in [6, 6.07) is 3.33. The molecule has 0 saturated heterocycles. The fourth-order valence-corrected chi connectivity index (χ4v) is 2.95. The van der Waals surface area contributed by atoms with Crippen LogP contribution in [0.15, 0.2) is 12.1 Å². The van der Waals surface area contributed by atoms with E-state index in [9.17, 15) is 10.1 Å². The van der Waals surface area contributed by atoms with Crippen LogP contribution in [0.5, 0.6) is 0 Å². The van der Waals surface area contributed by atoms with E-state index >= 15 is 0 Å². The van der Waals surface area contributed by atoms with Gasteiger partial charge in [-0.1, -0.05) is 22.7 Å². The first-order valence-electron chi connectivity index (χ1n) is 4.87. The fourth-order valence-electron chi connectivity index (χ4n) is 1.17. The van der Waals surface area contributed by atoms with Gasteiger partial charge in [-0.25, -0.2) is 0 Å². The van der Waals surface area contributed by atoms with Gasteiger partial charge in [-0.15, -0.1) is 10.2 Å². The van der Waals surface area contributed by atoms with Gasteiger partial charge < -0.3 is 5.32 Å². The highest BCUT2D eigenvalue weighted by atomic mass is 32.1. The van der Waals surface area contributed by atoms with Gasteiger partial charge in [-0.2, -0.15) is 0 Å². The Morgan fingerprint density at radius 3 is 2.76 bits per heavy atom. The Bertz CT molecular complexity index is 537. The van der Waals surface area contributed by atoms with Crippen LogP contribution in [0.25, 0.3) is 9.88 Å². The Kier molecular flexibility index (Phi) is 3.46. The zero-order valence-electron chi connectivity index (χ0n) is 9.21. The van der Waals surface area contributed by atoms with Crippen LogP contribution in [0, 0.1) is 10.1 Å². The van der Waals surface area contributed by atoms with E-state index < -0.39 is 4.92 Å². The van der Waals surface area contributed by atoms with Crippen LogP contribution in [-0.4, -0.2) is 22.2 Å². The van der Waals surface area contributed by atoms with Gasteiger partial charge in [0, 0.05) is 6.07 Å². The molecule has 0 radical (unpaired) electrons. The largest absolute Gasteiger partial charge is 0.324 e. The zero-order chi connectivity index (χ0) is 12.4. The Morgan fingerprint density at radius 1 is 1.41 bits per heavy atom. The van der Waals surface area contributed by atoms with Gasteiger partial charge in [-0.3, -0.25) is 10.1 Å². The molecule has 0 aliphatic rings. The average molecular weight is 270 g/mol. The van der Waals surface area contributed by atoms with Crippen LogP contribution in [0.3, 0.4) is 0 Å². The van der Waals surface area contributed by atoms with E-state index in [0.29, 0.717) is 0 Å². The van der Waals surface area contributed by atoms with E-state index in [0.717, 1.165) is 26.2 Å². The molecule has 1 atom stereocenters. The highest BCUT2D eigenvalue weighted by molar-refractivity contribution is 7.23. The molecule has 0 aliphatic carbocycles. The lowest BCUT2D eigenvalue weighted by Gasteiger charge is -2.02. The van der Waals surface area contributed by atoms with Crippen molar-refractivity contribution in [2.75, 3.05) is 7.05 Å². The molecule has 0 bridgehead atoms. The molecule has 2 aromatic rings. The number of nitro groups is 1. The lowest BCUT2D eigenvalue weighted by molar-refractivity contribution is -0.380. The molecule has 90 valence electrons. The van der Waals surface area contributed by atoms with Crippen molar-refractivity contribution < 1.29 is 4.92 Å². The zero-order valence-corrected chi connectivity index (χ0v) is 10.8. The number of aromatic nitrogens is 2. The highest BCUT2D eigenvalue weighted by Crippen LogP contribution is 2.35. The summed E-state index contributed by atoms with van der Waals surface area (Å²) in [4.78, 5) is 11.0. The minimum atomic E-state index is -0.396. The van der Waals surface area contributed by atoms with E-state index in [4.69, 9.17) is 0 Å². The topological polar surface area (TPSA) is 81.0 Å². The summed E-state index contributed by atoms with van der Waals surface area (Å²) in [5.74, 6) is 0. The summed E-state index contributed by atoms with van der Waals surface area (Å²) in [5.41, 5.74) is 0. The first kappa shape index (κ1) is 12.1. The SMILES string of the molecule is CNC(C)c1nnc(-c2ccc([N+](=O)[O-])s2)s1. The third-order valence-corrected chi connectivity index (χ3v) is 4.54. The summed E-state index contributed by atoms with van der Waals surface area (Å²) in [5, 5.41) is 23.5. The van der Waals surface area contributed by atoms with Crippen LogP contribution in [0.2, 0.25) is 0 Å². The maximum absolute atomic E-state index is 10.6. The molecule has 17 heavy (non-hydrogen) atoms. The van der Waals surface area contributed by atoms with E-state index in [2.05, 4.69) is 15.5 Å². The van der Waals surface area contributed by atoms with Gasteiger partial charge in [0.05, 0.1) is 15.8 Å². The fraction of sp³-hybridized carbons (Fsp3) is 0.333. The lowest BCUT2D eigenvalue weighted by atomic mass is 10.4. The molecule has 1 N–H and O–H groups in total. The summed E-state index contributed by atoms with van der Waals surface area (Å²) in [6.45, 7) is 1.99. The van der Waals surface area contributed by atoms with Crippen molar-refractivity contribution in [3.05, 3.63) is 27.3 Å². The summed E-state index contributed by atoms with van der Waals surface area (Å²) < 4.78 is 0. The molecule has 2 heterocycles. The number of nitrogens with zero attached hydrogens (tertiary/aromatic N) is 3. The van der Waals surface area contributed by atoms with Gasteiger partial charge >= 0.3 is 5.00 Å². The number of rotatable bonds is 4. The second-order valence-electron chi connectivity index (χ2n) is 3.35. The molecule has 2 rings (SSSR count). The predicted octanol–water partition coefficient (Wildman–Crippen LogP) is 2.46. The van der Waals surface area contributed by atoms with Crippen molar-refractivity contribution in [3.8, 4) is 9.88 Å². The minimum Gasteiger partial charge on any atom is -0.311 e. The van der Waals surface area contributed by atoms with Gasteiger partial charge in [0.15, 0.2) is 5.01 Å². The van der Waals surface area contributed by atoms with Crippen LogP contribution >= 0.6 is 22.7 Å². The Morgan fingerprint density at radius 2 is 2.18 bits per heavy atom. The molecule has 0 fully saturated rings. The first-order chi connectivity index (χ1) is 8.11. The van der Waals surface area contributed by atoms with E-state index in [1.165, 1.54) is 17.4 Å². The molecule has 0 saturated carbocycles. The molecule has 0 aromatic carbocycles. The number of thiophene rings is 1. The van der Waals surface area contributed by atoms with Crippen molar-refractivity contribution in [1.29, 1.82) is 0 Å². The van der Waals surface area contributed by atoms with E-state index in [-0.39, 0.29) is 11.0 Å². The van der Waals surface area contributed by atoms with Crippen molar-refractivity contribution in [1.82, 2.24) is 15.5 Å². The van der Waals surface area contributed by atoms with Gasteiger partial charge in [-0.05, 0) is 20.0 Å². The second-order valence-corrected chi connectivity index (χ2v) is 5.42. The molecule has 6 nitrogen and oxygen atoms in total. The van der Waals surface area contributed by atoms with Crippen LogP contribution in [0.4, 0.5) is 5.00 Å². The average Bonchev–Trinajstić information content (AvgIpc) is 2.95. The van der Waals surface area contributed by atoms with Crippen molar-refractivity contribution in [3.63, 3.8) is 0 Å². The summed E-state index contributed by atoms with van der Waals surface area (Å²) in [7, 11) is 1.85. The normalized spacial score (nSPS) is 12.6. The standard InChI is InChI=1S/C9H10N4O2S2/c1-5(10-2)8-11-12-9(17-8)6-3-4-7(16-6)13(14)15/h3-5,10H,1-2H3. The van der Waals surface area contributed by atoms with E-state index in [1.54, 1.807) is 6.07 Å². The monoisotopic (exact) mass is 270 g/mol. The van der Waals surface area contributed by atoms with Crippen molar-refractivity contribution in [2.45, 2.75) is 13.0 Å². The maximum Gasteiger partial charge on any atom is 0.324 e. The predicted molar refractivity (Wildman–Crippen MR) is 67.4 cm³/mol. The quantitative estimate of drug-likeness (QED) is 0.681. The van der Waals surface area contributed by atoms with Gasteiger partial charge in [0.1, 0.15) is 5.01 Å². The van der Waals surface area contributed by atoms with Gasteiger partial charge in [0.2, 0.25) is 0 Å². The lowest BCUT2D eigenvalue weighted by Crippen LogP contribution is -2.11. The molecule has 8 heteroatoms. The second kappa shape index (κ2) is 4.86. The smallest absolute Gasteiger partial charge is 0.311 e. The summed E-state index contributed by atoms with van der Waals surface area (Å²) in [6.07, 6.45) is 0. The van der Waals surface area contributed by atoms with Gasteiger partial charge in [0.25, 0.3) is 0 Å². The van der Waals surface area contributed by atoms with Crippen LogP contribution in [0.1, 0.15) is 18.0 Å². The van der Waals surface area contributed by atoms with Crippen LogP contribution < -0.4 is 5.32 Å². The number of nitrogens with one attached hydrogen (secondary N) is 1. The van der Waals surface area contributed by atoms with Crippen molar-refractivity contribution in [2.24, 2.45) is 0 Å². The number of hydrogen-bond acceptors (Lipinski definition) is 7. The number of hydrogen-bond donors (Lipinski definition) is 1. The third-order valence-electron chi connectivity index (χ3n) is 2.23. The molecule has 2 aromatic heterocycles. The molecule has 1 unspecified atom stereocenters. The third kappa shape index (κ3) is 2.48. The molecule has 0 spiro atoms. The molecule has 0 aliphatic heterocycles. The van der Waals surface area contributed by atoms with Crippen molar-refractivity contribution >= 4 is 27.7 Å². The molecular weight excluding hydrogens is 260 g/mol. The first-order valence-corrected chi connectivity index (χ1v) is 6.50. The van der Waals surface area contributed by atoms with Crippen LogP contribution in [-0.2, 0) is 0 Å². The highest BCUT2D eigenvalue weighted by Gasteiger charge is 2.16. The van der Waals surface area contributed by atoms with E-state index in [1.807, 2.05) is 14.0 Å². The molecular formula is C9H10N4O2S2. The summed E-state index contributed by atoms with van der Waals surface area (Å²) >= 11 is 2.56. The molecule has 0 amide bonds. The Balaban J connectivity index is 2.27. The minimum absolute atomic E-state index is 0.124.